The third kappa shape index (κ3) is 17.9. The van der Waals surface area contributed by atoms with Crippen molar-refractivity contribution in [1.82, 2.24) is 0 Å². The molecule has 7 nitrogen and oxygen atoms in total. The zero-order valence-corrected chi connectivity index (χ0v) is 16.0. The van der Waals surface area contributed by atoms with Gasteiger partial charge in [-0.2, -0.15) is 0 Å². The van der Waals surface area contributed by atoms with E-state index in [0.717, 1.165) is 25.7 Å². The van der Waals surface area contributed by atoms with Gasteiger partial charge in [-0.1, -0.05) is 44.8 Å². The molecule has 0 heterocycles. The van der Waals surface area contributed by atoms with E-state index in [1.54, 1.807) is 0 Å². The maximum absolute atomic E-state index is 11.6. The summed E-state index contributed by atoms with van der Waals surface area (Å²) in [5, 5.41) is 8.97. The average molecular weight is 378 g/mol. The highest BCUT2D eigenvalue weighted by Gasteiger charge is 2.14. The van der Waals surface area contributed by atoms with Gasteiger partial charge in [0.25, 0.3) is 0 Å². The molecule has 0 aromatic heterocycles. The summed E-state index contributed by atoms with van der Waals surface area (Å²) in [6.45, 7) is 0.936. The van der Waals surface area contributed by atoms with E-state index in [0.29, 0.717) is 6.42 Å². The SMILES string of the molecule is CCCCCC/C=C\CCCCCC(=O)O[C@H](CO)COP(=O)([O-])[O-]. The summed E-state index contributed by atoms with van der Waals surface area (Å²) in [7, 11) is -5.13. The number of phosphoric ester groups is 1. The van der Waals surface area contributed by atoms with Gasteiger partial charge in [0, 0.05) is 6.42 Å². The third-order valence-electron chi connectivity index (χ3n) is 3.56. The molecule has 0 unspecified atom stereocenters. The second-order valence-corrected chi connectivity index (χ2v) is 7.11. The van der Waals surface area contributed by atoms with Crippen LogP contribution < -0.4 is 9.79 Å². The molecule has 0 saturated carbocycles. The molecule has 0 spiro atoms. The van der Waals surface area contributed by atoms with Crippen LogP contribution in [0.5, 0.6) is 0 Å². The first-order valence-corrected chi connectivity index (χ1v) is 10.5. The van der Waals surface area contributed by atoms with Crippen molar-refractivity contribution in [3.05, 3.63) is 12.2 Å². The number of carbonyl (C=O) groups is 1. The molecule has 0 bridgehead atoms. The van der Waals surface area contributed by atoms with E-state index in [2.05, 4.69) is 23.6 Å². The molecular weight excluding hydrogens is 347 g/mol. The van der Waals surface area contributed by atoms with Gasteiger partial charge in [0.1, 0.15) is 6.10 Å². The van der Waals surface area contributed by atoms with Gasteiger partial charge in [-0.25, -0.2) is 0 Å². The van der Waals surface area contributed by atoms with E-state index in [1.807, 2.05) is 0 Å². The second kappa shape index (κ2) is 15.5. The minimum atomic E-state index is -5.13. The zero-order chi connectivity index (χ0) is 19.0. The average Bonchev–Trinajstić information content (AvgIpc) is 2.55. The molecular formula is C17H31O7P-2. The molecule has 0 saturated heterocycles. The summed E-state index contributed by atoms with van der Waals surface area (Å²) < 4.78 is 19.2. The fourth-order valence-corrected chi connectivity index (χ4v) is 2.53. The number of aliphatic hydroxyl groups excluding tert-OH is 1. The quantitative estimate of drug-likeness (QED) is 0.189. The molecule has 0 aromatic rings. The Balaban J connectivity index is 3.62. The summed E-state index contributed by atoms with van der Waals surface area (Å²) in [6, 6.07) is 0. The van der Waals surface area contributed by atoms with Gasteiger partial charge in [0.2, 0.25) is 0 Å². The predicted molar refractivity (Wildman–Crippen MR) is 91.5 cm³/mol. The van der Waals surface area contributed by atoms with Crippen LogP contribution >= 0.6 is 7.82 Å². The Hall–Kier alpha value is -0.720. The smallest absolute Gasteiger partial charge is 0.306 e. The van der Waals surface area contributed by atoms with E-state index in [4.69, 9.17) is 9.84 Å². The highest BCUT2D eigenvalue weighted by Crippen LogP contribution is 2.24. The van der Waals surface area contributed by atoms with E-state index < -0.39 is 33.1 Å². The molecule has 0 rings (SSSR count). The van der Waals surface area contributed by atoms with Gasteiger partial charge in [-0.3, -0.25) is 4.79 Å². The summed E-state index contributed by atoms with van der Waals surface area (Å²) in [6.07, 6.45) is 13.1. The largest absolute Gasteiger partial charge is 0.790 e. The topological polar surface area (TPSA) is 119 Å². The van der Waals surface area contributed by atoms with Gasteiger partial charge in [0.15, 0.2) is 0 Å². The number of aliphatic hydroxyl groups is 1. The highest BCUT2D eigenvalue weighted by molar-refractivity contribution is 7.43. The van der Waals surface area contributed by atoms with Gasteiger partial charge in [-0.05, 0) is 32.1 Å². The van der Waals surface area contributed by atoms with Crippen molar-refractivity contribution in [2.45, 2.75) is 77.2 Å². The predicted octanol–water partition coefficient (Wildman–Crippen LogP) is 2.21. The Bertz CT molecular complexity index is 406. The fourth-order valence-electron chi connectivity index (χ4n) is 2.18. The first kappa shape index (κ1) is 24.3. The highest BCUT2D eigenvalue weighted by atomic mass is 31.2. The standard InChI is InChI=1S/C17H33O7P/c1-2-3-4-5-6-7-8-9-10-11-12-13-17(19)24-16(14-18)15-23-25(20,21)22/h7-8,16,18H,2-6,9-15H2,1H3,(H2,20,21,22)/p-2/b8-7-/t16-/m1/s1. The number of hydrogen-bond acceptors (Lipinski definition) is 7. The summed E-state index contributed by atoms with van der Waals surface area (Å²) in [5.74, 6) is -0.541. The van der Waals surface area contributed by atoms with Crippen molar-refractivity contribution < 1.29 is 33.5 Å². The molecule has 0 amide bonds. The van der Waals surface area contributed by atoms with Crippen LogP contribution in [0.2, 0.25) is 0 Å². The van der Waals surface area contributed by atoms with Gasteiger partial charge < -0.3 is 28.7 Å². The maximum atomic E-state index is 11.6. The number of unbranched alkanes of at least 4 members (excludes halogenated alkanes) is 7. The minimum Gasteiger partial charge on any atom is -0.790 e. The van der Waals surface area contributed by atoms with Gasteiger partial charge >= 0.3 is 5.97 Å². The van der Waals surface area contributed by atoms with E-state index in [1.165, 1.54) is 25.7 Å². The van der Waals surface area contributed by atoms with Crippen molar-refractivity contribution in [3.8, 4) is 0 Å². The maximum Gasteiger partial charge on any atom is 0.306 e. The van der Waals surface area contributed by atoms with Crippen LogP contribution in [0.15, 0.2) is 12.2 Å². The summed E-state index contributed by atoms with van der Waals surface area (Å²) >= 11 is 0. The van der Waals surface area contributed by atoms with Crippen LogP contribution in [0.25, 0.3) is 0 Å². The van der Waals surface area contributed by atoms with Crippen LogP contribution in [0.1, 0.15) is 71.1 Å². The van der Waals surface area contributed by atoms with Crippen molar-refractivity contribution in [3.63, 3.8) is 0 Å². The molecule has 0 radical (unpaired) electrons. The number of rotatable bonds is 16. The second-order valence-electron chi connectivity index (χ2n) is 5.96. The lowest BCUT2D eigenvalue weighted by atomic mass is 10.1. The van der Waals surface area contributed by atoms with E-state index in [9.17, 15) is 19.1 Å². The number of carbonyl (C=O) groups excluding carboxylic acids is 1. The van der Waals surface area contributed by atoms with E-state index >= 15 is 0 Å². The number of allylic oxidation sites excluding steroid dienone is 2. The summed E-state index contributed by atoms with van der Waals surface area (Å²) in [5.41, 5.74) is 0. The number of esters is 1. The normalized spacial score (nSPS) is 13.3. The van der Waals surface area contributed by atoms with Crippen molar-refractivity contribution in [1.29, 1.82) is 0 Å². The van der Waals surface area contributed by atoms with Crippen LogP contribution in [0.4, 0.5) is 0 Å². The fraction of sp³-hybridized carbons (Fsp3) is 0.824. The van der Waals surface area contributed by atoms with Crippen molar-refractivity contribution >= 4 is 13.8 Å². The Morgan fingerprint density at radius 2 is 1.68 bits per heavy atom. The number of hydrogen-bond donors (Lipinski definition) is 1. The Labute approximate surface area is 150 Å². The van der Waals surface area contributed by atoms with Crippen molar-refractivity contribution in [2.24, 2.45) is 0 Å². The zero-order valence-electron chi connectivity index (χ0n) is 15.1. The Morgan fingerprint density at radius 1 is 1.08 bits per heavy atom. The van der Waals surface area contributed by atoms with E-state index in [-0.39, 0.29) is 6.42 Å². The molecule has 148 valence electrons. The number of phosphoric acid groups is 1. The molecule has 0 aromatic carbocycles. The van der Waals surface area contributed by atoms with Crippen LogP contribution in [0.3, 0.4) is 0 Å². The lowest BCUT2D eigenvalue weighted by Crippen LogP contribution is -2.29. The third-order valence-corrected chi connectivity index (χ3v) is 4.03. The van der Waals surface area contributed by atoms with Crippen LogP contribution in [-0.2, 0) is 18.6 Å². The molecule has 0 aliphatic carbocycles. The monoisotopic (exact) mass is 378 g/mol. The van der Waals surface area contributed by atoms with Crippen molar-refractivity contribution in [2.75, 3.05) is 13.2 Å². The molecule has 0 aliphatic rings. The van der Waals surface area contributed by atoms with Crippen LogP contribution in [0, 0.1) is 0 Å². The number of ether oxygens (including phenoxy) is 1. The molecule has 0 aliphatic heterocycles. The molecule has 0 fully saturated rings. The first-order chi connectivity index (χ1) is 11.9. The molecule has 25 heavy (non-hydrogen) atoms. The molecule has 1 atom stereocenters. The van der Waals surface area contributed by atoms with Gasteiger partial charge in [-0.15, -0.1) is 0 Å². The Morgan fingerprint density at radius 3 is 2.20 bits per heavy atom. The van der Waals surface area contributed by atoms with Crippen LogP contribution in [-0.4, -0.2) is 30.4 Å². The molecule has 1 N–H and O–H groups in total. The first-order valence-electron chi connectivity index (χ1n) is 9.01. The minimum absolute atomic E-state index is 0.184. The lowest BCUT2D eigenvalue weighted by molar-refractivity contribution is -0.343. The summed E-state index contributed by atoms with van der Waals surface area (Å²) in [4.78, 5) is 32.3. The molecule has 8 heteroatoms. The Kier molecular flexibility index (Phi) is 15.1. The lowest BCUT2D eigenvalue weighted by Gasteiger charge is -2.30. The van der Waals surface area contributed by atoms with Gasteiger partial charge in [0.05, 0.1) is 21.0 Å².